The summed E-state index contributed by atoms with van der Waals surface area (Å²) in [6.07, 6.45) is 11.1. The molecule has 0 N–H and O–H groups in total. The second-order valence-electron chi connectivity index (χ2n) is 11.7. The fourth-order valence-electron chi connectivity index (χ4n) is 6.89. The molecule has 6 aromatic carbocycles. The van der Waals surface area contributed by atoms with Crippen LogP contribution in [-0.4, -0.2) is 15.0 Å². The fraction of sp³-hybridized carbons (Fsp3) is 0. The summed E-state index contributed by atoms with van der Waals surface area (Å²) in [7, 11) is 0. The molecule has 0 saturated heterocycles. The third-order valence-electron chi connectivity index (χ3n) is 9.13. The van der Waals surface area contributed by atoms with Crippen LogP contribution in [0.2, 0.25) is 0 Å². The van der Waals surface area contributed by atoms with E-state index in [1.807, 2.05) is 43.2 Å². The molecule has 3 nitrogen and oxygen atoms in total. The third-order valence-corrected chi connectivity index (χ3v) is 9.13. The largest absolute Gasteiger partial charge is 0.265 e. The molecular formula is C43H27N3. The summed E-state index contributed by atoms with van der Waals surface area (Å²) in [5.74, 6) is 0. The number of nitrogens with zero attached hydrogens (tertiary/aromatic N) is 3. The molecule has 214 valence electrons. The van der Waals surface area contributed by atoms with E-state index < -0.39 is 0 Å². The van der Waals surface area contributed by atoms with Crippen LogP contribution in [0.25, 0.3) is 88.0 Å². The molecule has 9 rings (SSSR count). The minimum atomic E-state index is 1.12. The summed E-state index contributed by atoms with van der Waals surface area (Å²) in [5, 5.41) is 7.65. The molecule has 0 unspecified atom stereocenters. The van der Waals surface area contributed by atoms with Crippen LogP contribution >= 0.6 is 0 Å². The summed E-state index contributed by atoms with van der Waals surface area (Å²) in [5.41, 5.74) is 11.8. The molecule has 0 spiro atoms. The average Bonchev–Trinajstić information content (AvgIpc) is 3.14. The first kappa shape index (κ1) is 26.2. The normalized spacial score (nSPS) is 11.5. The molecule has 3 heteroatoms. The monoisotopic (exact) mass is 585 g/mol. The molecule has 0 aliphatic rings. The molecule has 9 aromatic rings. The zero-order valence-corrected chi connectivity index (χ0v) is 24.9. The number of hydrogen-bond donors (Lipinski definition) is 0. The third kappa shape index (κ3) is 4.41. The van der Waals surface area contributed by atoms with E-state index in [9.17, 15) is 0 Å². The Morgan fingerprint density at radius 3 is 1.33 bits per heavy atom. The van der Waals surface area contributed by atoms with Gasteiger partial charge in [0.2, 0.25) is 0 Å². The highest BCUT2D eigenvalue weighted by atomic mass is 14.6. The van der Waals surface area contributed by atoms with E-state index in [1.54, 1.807) is 0 Å². The first-order valence-electron chi connectivity index (χ1n) is 15.5. The average molecular weight is 586 g/mol. The number of hydrogen-bond acceptors (Lipinski definition) is 3. The summed E-state index contributed by atoms with van der Waals surface area (Å²) in [4.78, 5) is 12.8. The lowest BCUT2D eigenvalue weighted by Gasteiger charge is -2.18. The van der Waals surface area contributed by atoms with Crippen molar-refractivity contribution in [3.8, 4) is 55.6 Å². The van der Waals surface area contributed by atoms with Crippen molar-refractivity contribution in [3.05, 3.63) is 165 Å². The Balaban J connectivity index is 1.24. The highest BCUT2D eigenvalue weighted by molar-refractivity contribution is 6.27. The number of benzene rings is 6. The second-order valence-corrected chi connectivity index (χ2v) is 11.7. The molecule has 0 atom stereocenters. The van der Waals surface area contributed by atoms with E-state index >= 15 is 0 Å². The first-order chi connectivity index (χ1) is 22.8. The maximum absolute atomic E-state index is 4.29. The van der Waals surface area contributed by atoms with Gasteiger partial charge in [-0.2, -0.15) is 0 Å². The van der Waals surface area contributed by atoms with Gasteiger partial charge in [-0.3, -0.25) is 15.0 Å². The molecule has 0 amide bonds. The van der Waals surface area contributed by atoms with Crippen LogP contribution < -0.4 is 0 Å². The first-order valence-corrected chi connectivity index (χ1v) is 15.5. The molecular weight excluding hydrogens is 558 g/mol. The fourth-order valence-corrected chi connectivity index (χ4v) is 6.89. The van der Waals surface area contributed by atoms with E-state index in [0.29, 0.717) is 0 Å². The van der Waals surface area contributed by atoms with Crippen LogP contribution in [0.4, 0.5) is 0 Å². The van der Waals surface area contributed by atoms with Crippen LogP contribution in [0.15, 0.2) is 165 Å². The highest BCUT2D eigenvalue weighted by Gasteiger charge is 2.16. The lowest BCUT2D eigenvalue weighted by molar-refractivity contribution is 1.33. The Kier molecular flexibility index (Phi) is 6.14. The van der Waals surface area contributed by atoms with E-state index in [4.69, 9.17) is 0 Å². The summed E-state index contributed by atoms with van der Waals surface area (Å²) in [6.45, 7) is 0. The molecule has 0 aliphatic carbocycles. The standard InChI is InChI=1S/C43H27N3/c1-2-34(27-46-19-1)28-3-5-31(6-4-28)38-11-9-32-7-8-33-10-12-39(41-14-13-40(38)42(32)43(33)41)37-25-35(29-15-20-44-21-16-29)24-36(26-37)30-17-22-45-23-18-30/h1-27H. The minimum absolute atomic E-state index is 1.12. The van der Waals surface area contributed by atoms with Crippen LogP contribution in [0.3, 0.4) is 0 Å². The van der Waals surface area contributed by atoms with Crippen LogP contribution in [0, 0.1) is 0 Å². The molecule has 3 aromatic heterocycles. The SMILES string of the molecule is c1cncc(-c2ccc(-c3ccc4ccc5ccc(-c6cc(-c7ccncc7)cc(-c7ccncc7)c6)c6ccc3c4c56)cc2)c1. The Morgan fingerprint density at radius 2 is 0.783 bits per heavy atom. The van der Waals surface area contributed by atoms with Gasteiger partial charge in [0.05, 0.1) is 0 Å². The second kappa shape index (κ2) is 10.8. The van der Waals surface area contributed by atoms with Gasteiger partial charge in [-0.1, -0.05) is 78.9 Å². The van der Waals surface area contributed by atoms with E-state index in [-0.39, 0.29) is 0 Å². The van der Waals surface area contributed by atoms with Crippen LogP contribution in [-0.2, 0) is 0 Å². The van der Waals surface area contributed by atoms with Gasteiger partial charge in [-0.15, -0.1) is 0 Å². The van der Waals surface area contributed by atoms with Gasteiger partial charge >= 0.3 is 0 Å². The number of aromatic nitrogens is 3. The van der Waals surface area contributed by atoms with E-state index in [2.05, 4.69) is 136 Å². The van der Waals surface area contributed by atoms with Gasteiger partial charge < -0.3 is 0 Å². The van der Waals surface area contributed by atoms with Crippen molar-refractivity contribution in [1.29, 1.82) is 0 Å². The molecule has 3 heterocycles. The number of pyridine rings is 3. The van der Waals surface area contributed by atoms with Gasteiger partial charge in [0.15, 0.2) is 0 Å². The predicted molar refractivity (Wildman–Crippen MR) is 191 cm³/mol. The maximum Gasteiger partial charge on any atom is 0.0346 e. The van der Waals surface area contributed by atoms with Crippen molar-refractivity contribution in [3.63, 3.8) is 0 Å². The van der Waals surface area contributed by atoms with Gasteiger partial charge in [-0.25, -0.2) is 0 Å². The van der Waals surface area contributed by atoms with Crippen molar-refractivity contribution in [2.75, 3.05) is 0 Å². The zero-order chi connectivity index (χ0) is 30.5. The predicted octanol–water partition coefficient (Wildman–Crippen LogP) is 11.1. The Morgan fingerprint density at radius 1 is 0.304 bits per heavy atom. The maximum atomic E-state index is 4.29. The molecule has 0 radical (unpaired) electrons. The summed E-state index contributed by atoms with van der Waals surface area (Å²) >= 11 is 0. The summed E-state index contributed by atoms with van der Waals surface area (Å²) in [6, 6.07) is 46.3. The van der Waals surface area contributed by atoms with Crippen LogP contribution in [0.1, 0.15) is 0 Å². The van der Waals surface area contributed by atoms with Crippen molar-refractivity contribution in [2.45, 2.75) is 0 Å². The molecule has 0 aliphatic heterocycles. The smallest absolute Gasteiger partial charge is 0.0346 e. The van der Waals surface area contributed by atoms with Crippen molar-refractivity contribution >= 4 is 32.3 Å². The van der Waals surface area contributed by atoms with E-state index in [0.717, 1.165) is 27.8 Å². The van der Waals surface area contributed by atoms with Crippen LogP contribution in [0.5, 0.6) is 0 Å². The van der Waals surface area contributed by atoms with Crippen molar-refractivity contribution < 1.29 is 0 Å². The van der Waals surface area contributed by atoms with E-state index in [1.165, 1.54) is 60.1 Å². The van der Waals surface area contributed by atoms with Gasteiger partial charge in [0.1, 0.15) is 0 Å². The highest BCUT2D eigenvalue weighted by Crippen LogP contribution is 2.43. The Hall–Kier alpha value is -6.19. The molecule has 0 bridgehead atoms. The Bertz CT molecular complexity index is 2430. The number of rotatable bonds is 5. The molecule has 0 saturated carbocycles. The van der Waals surface area contributed by atoms with Gasteiger partial charge in [0.25, 0.3) is 0 Å². The quantitative estimate of drug-likeness (QED) is 0.189. The Labute approximate surface area is 266 Å². The molecule has 46 heavy (non-hydrogen) atoms. The lowest BCUT2D eigenvalue weighted by atomic mass is 9.86. The van der Waals surface area contributed by atoms with Gasteiger partial charge in [0, 0.05) is 37.2 Å². The topological polar surface area (TPSA) is 38.7 Å². The molecule has 0 fully saturated rings. The lowest BCUT2D eigenvalue weighted by Crippen LogP contribution is -1.91. The summed E-state index contributed by atoms with van der Waals surface area (Å²) < 4.78 is 0. The van der Waals surface area contributed by atoms with Crippen molar-refractivity contribution in [1.82, 2.24) is 15.0 Å². The zero-order valence-electron chi connectivity index (χ0n) is 24.9. The van der Waals surface area contributed by atoms with Gasteiger partial charge in [-0.05, 0) is 136 Å². The van der Waals surface area contributed by atoms with Crippen molar-refractivity contribution in [2.24, 2.45) is 0 Å². The minimum Gasteiger partial charge on any atom is -0.265 e.